The number of carbonyl (C=O) groups is 4. The lowest BCUT2D eigenvalue weighted by atomic mass is 9.82. The maximum atomic E-state index is 11.7. The van der Waals surface area contributed by atoms with E-state index in [4.69, 9.17) is 0 Å². The Kier molecular flexibility index (Phi) is 9.65. The van der Waals surface area contributed by atoms with Gasteiger partial charge in [0.25, 0.3) is 0 Å². The Labute approximate surface area is 139 Å². The largest absolute Gasteiger partial charge is 0.290 e. The van der Waals surface area contributed by atoms with Crippen LogP contribution in [0.5, 0.6) is 0 Å². The van der Waals surface area contributed by atoms with Gasteiger partial charge in [-0.25, -0.2) is 0 Å². The summed E-state index contributed by atoms with van der Waals surface area (Å²) in [5.41, 5.74) is 0. The minimum atomic E-state index is -0.984. The number of carbonyl (C=O) groups excluding carboxylic acids is 4. The molecule has 4 nitrogen and oxygen atoms in total. The molecule has 0 aromatic carbocycles. The molecule has 0 heterocycles. The van der Waals surface area contributed by atoms with Crippen molar-refractivity contribution in [2.75, 3.05) is 0 Å². The highest BCUT2D eigenvalue weighted by atomic mass is 16.2. The molecule has 23 heavy (non-hydrogen) atoms. The number of rotatable bonds is 12. The minimum Gasteiger partial charge on any atom is -0.290 e. The van der Waals surface area contributed by atoms with Crippen LogP contribution in [0.25, 0.3) is 0 Å². The summed E-state index contributed by atoms with van der Waals surface area (Å²) in [6.45, 7) is 2.22. The third kappa shape index (κ3) is 7.19. The zero-order valence-corrected chi connectivity index (χ0v) is 14.4. The third-order valence-electron chi connectivity index (χ3n) is 4.60. The van der Waals surface area contributed by atoms with Crippen LogP contribution in [0.1, 0.15) is 90.4 Å². The highest BCUT2D eigenvalue weighted by Crippen LogP contribution is 2.20. The molecule has 0 amide bonds. The van der Waals surface area contributed by atoms with Gasteiger partial charge in [0.2, 0.25) is 23.1 Å². The Morgan fingerprint density at radius 3 is 1.48 bits per heavy atom. The molecule has 0 spiro atoms. The zero-order valence-electron chi connectivity index (χ0n) is 14.4. The number of hydrogen-bond acceptors (Lipinski definition) is 4. The zero-order chi connectivity index (χ0) is 17.1. The predicted molar refractivity (Wildman–Crippen MR) is 89.2 cm³/mol. The highest BCUT2D eigenvalue weighted by Gasteiger charge is 2.40. The summed E-state index contributed by atoms with van der Waals surface area (Å²) in [6, 6.07) is 0. The van der Waals surface area contributed by atoms with Gasteiger partial charge >= 0.3 is 0 Å². The quantitative estimate of drug-likeness (QED) is 0.309. The van der Waals surface area contributed by atoms with E-state index in [9.17, 15) is 19.2 Å². The van der Waals surface area contributed by atoms with Gasteiger partial charge < -0.3 is 0 Å². The third-order valence-corrected chi connectivity index (χ3v) is 4.60. The lowest BCUT2D eigenvalue weighted by Crippen LogP contribution is -2.41. The van der Waals surface area contributed by atoms with Gasteiger partial charge in [-0.2, -0.15) is 0 Å². The predicted octanol–water partition coefficient (Wildman–Crippen LogP) is 3.98. The fourth-order valence-electron chi connectivity index (χ4n) is 3.10. The topological polar surface area (TPSA) is 68.3 Å². The molecular formula is C19H30O4. The first-order valence-corrected chi connectivity index (χ1v) is 9.22. The lowest BCUT2D eigenvalue weighted by Gasteiger charge is -2.17. The maximum Gasteiger partial charge on any atom is 0.209 e. The maximum absolute atomic E-state index is 11.7. The van der Waals surface area contributed by atoms with Crippen molar-refractivity contribution < 1.29 is 19.2 Å². The van der Waals surface area contributed by atoms with Gasteiger partial charge in [0, 0.05) is 0 Å². The second-order valence-corrected chi connectivity index (χ2v) is 6.63. The molecule has 0 bridgehead atoms. The van der Waals surface area contributed by atoms with Crippen molar-refractivity contribution in [2.45, 2.75) is 90.4 Å². The number of ketones is 4. The van der Waals surface area contributed by atoms with Gasteiger partial charge in [-0.05, 0) is 6.42 Å². The van der Waals surface area contributed by atoms with Crippen LogP contribution in [0.15, 0.2) is 0 Å². The standard InChI is InChI=1S/C19H30O4/c1-2-3-4-5-6-7-8-9-10-11-12-13-15-18(22)16(20)14-17(21)19(15)23/h15H,2-14H2,1H3. The Morgan fingerprint density at radius 2 is 1.04 bits per heavy atom. The van der Waals surface area contributed by atoms with E-state index in [1.54, 1.807) is 0 Å². The number of hydrogen-bond donors (Lipinski definition) is 0. The van der Waals surface area contributed by atoms with E-state index in [1.165, 1.54) is 51.4 Å². The normalized spacial score (nSPS) is 16.4. The molecule has 4 heteroatoms. The van der Waals surface area contributed by atoms with Gasteiger partial charge in [-0.1, -0.05) is 77.6 Å². The Hall–Kier alpha value is -1.32. The van der Waals surface area contributed by atoms with Gasteiger partial charge in [0.1, 0.15) is 0 Å². The molecule has 1 fully saturated rings. The summed E-state index contributed by atoms with van der Waals surface area (Å²) < 4.78 is 0. The van der Waals surface area contributed by atoms with Crippen molar-refractivity contribution in [1.82, 2.24) is 0 Å². The average molecular weight is 322 g/mol. The van der Waals surface area contributed by atoms with Crippen molar-refractivity contribution in [3.8, 4) is 0 Å². The smallest absolute Gasteiger partial charge is 0.209 e. The van der Waals surface area contributed by atoms with E-state index >= 15 is 0 Å². The molecule has 0 unspecified atom stereocenters. The van der Waals surface area contributed by atoms with Crippen molar-refractivity contribution >= 4 is 23.1 Å². The molecule has 1 aliphatic carbocycles. The van der Waals surface area contributed by atoms with E-state index < -0.39 is 35.5 Å². The van der Waals surface area contributed by atoms with E-state index in [2.05, 4.69) is 6.92 Å². The number of Topliss-reactive ketones (excluding diaryl/α,β-unsaturated/α-hetero) is 4. The molecule has 130 valence electrons. The Bertz CT molecular complexity index is 399. The first-order chi connectivity index (χ1) is 11.1. The SMILES string of the molecule is CCCCCCCCCCCCCC1C(=O)C(=O)CC(=O)C1=O. The van der Waals surface area contributed by atoms with Gasteiger partial charge in [-0.15, -0.1) is 0 Å². The summed E-state index contributed by atoms with van der Waals surface area (Å²) in [5, 5.41) is 0. The first kappa shape index (κ1) is 19.7. The molecule has 0 atom stereocenters. The molecule has 0 saturated heterocycles. The second kappa shape index (κ2) is 11.3. The van der Waals surface area contributed by atoms with Crippen molar-refractivity contribution in [2.24, 2.45) is 5.92 Å². The van der Waals surface area contributed by atoms with Gasteiger partial charge in [0.05, 0.1) is 12.3 Å². The van der Waals surface area contributed by atoms with Crippen LogP contribution >= 0.6 is 0 Å². The monoisotopic (exact) mass is 322 g/mol. The van der Waals surface area contributed by atoms with Crippen molar-refractivity contribution in [3.63, 3.8) is 0 Å². The molecule has 1 rings (SSSR count). The molecule has 0 aliphatic heterocycles. The highest BCUT2D eigenvalue weighted by molar-refractivity contribution is 6.59. The molecule has 0 radical (unpaired) electrons. The molecule has 0 aromatic rings. The molecule has 1 saturated carbocycles. The Morgan fingerprint density at radius 1 is 0.652 bits per heavy atom. The minimum absolute atomic E-state index is 0.353. The molecule has 1 aliphatic rings. The van der Waals surface area contributed by atoms with Crippen LogP contribution in [-0.4, -0.2) is 23.1 Å². The summed E-state index contributed by atoms with van der Waals surface area (Å²) in [4.78, 5) is 46.0. The second-order valence-electron chi connectivity index (χ2n) is 6.63. The first-order valence-electron chi connectivity index (χ1n) is 9.22. The van der Waals surface area contributed by atoms with E-state index in [0.29, 0.717) is 6.42 Å². The van der Waals surface area contributed by atoms with Crippen LogP contribution in [0.3, 0.4) is 0 Å². The summed E-state index contributed by atoms with van der Waals surface area (Å²) in [5.74, 6) is -3.67. The van der Waals surface area contributed by atoms with E-state index in [1.807, 2.05) is 0 Å². The van der Waals surface area contributed by atoms with Crippen LogP contribution in [0.2, 0.25) is 0 Å². The van der Waals surface area contributed by atoms with Crippen LogP contribution in [0, 0.1) is 5.92 Å². The fourth-order valence-corrected chi connectivity index (χ4v) is 3.10. The van der Waals surface area contributed by atoms with Gasteiger partial charge in [0.15, 0.2) is 0 Å². The van der Waals surface area contributed by atoms with E-state index in [0.717, 1.165) is 19.3 Å². The Balaban J connectivity index is 2.04. The fraction of sp³-hybridized carbons (Fsp3) is 0.789. The summed E-state index contributed by atoms with van der Waals surface area (Å²) in [7, 11) is 0. The summed E-state index contributed by atoms with van der Waals surface area (Å²) in [6.07, 6.45) is 12.9. The van der Waals surface area contributed by atoms with Gasteiger partial charge in [-0.3, -0.25) is 19.2 Å². The average Bonchev–Trinajstić information content (AvgIpc) is 2.53. The van der Waals surface area contributed by atoms with E-state index in [-0.39, 0.29) is 0 Å². The lowest BCUT2D eigenvalue weighted by molar-refractivity contribution is -0.152. The molecular weight excluding hydrogens is 292 g/mol. The summed E-state index contributed by atoms with van der Waals surface area (Å²) >= 11 is 0. The molecule has 0 aromatic heterocycles. The van der Waals surface area contributed by atoms with Crippen LogP contribution < -0.4 is 0 Å². The van der Waals surface area contributed by atoms with Crippen LogP contribution in [-0.2, 0) is 19.2 Å². The van der Waals surface area contributed by atoms with Crippen molar-refractivity contribution in [3.05, 3.63) is 0 Å². The molecule has 0 N–H and O–H groups in total. The number of unbranched alkanes of at least 4 members (excludes halogenated alkanes) is 10. The van der Waals surface area contributed by atoms with Crippen LogP contribution in [0.4, 0.5) is 0 Å². The van der Waals surface area contributed by atoms with Crippen molar-refractivity contribution in [1.29, 1.82) is 0 Å².